The van der Waals surface area contributed by atoms with Crippen molar-refractivity contribution >= 4 is 12.6 Å². The van der Waals surface area contributed by atoms with Crippen LogP contribution in [0.5, 0.6) is 5.75 Å². The summed E-state index contributed by atoms with van der Waals surface area (Å²) in [7, 11) is -1.85. The topological polar surface area (TPSA) is 60.7 Å². The largest absolute Gasteiger partial charge is 0.505 e. The van der Waals surface area contributed by atoms with Crippen molar-refractivity contribution in [2.24, 2.45) is 0 Å². The maximum Gasteiger partial charge on any atom is 0.492 e. The fourth-order valence-corrected chi connectivity index (χ4v) is 1.29. The van der Waals surface area contributed by atoms with Crippen molar-refractivity contribution in [2.75, 3.05) is 0 Å². The zero-order valence-electron chi connectivity index (χ0n) is 7.87. The van der Waals surface area contributed by atoms with Gasteiger partial charge in [-0.1, -0.05) is 25.5 Å². The van der Waals surface area contributed by atoms with E-state index in [-0.39, 0.29) is 5.46 Å². The Morgan fingerprint density at radius 2 is 2.00 bits per heavy atom. The van der Waals surface area contributed by atoms with Crippen molar-refractivity contribution < 1.29 is 19.5 Å². The summed E-state index contributed by atoms with van der Waals surface area (Å²) in [5, 5.41) is 26.8. The zero-order chi connectivity index (χ0) is 10.7. The highest BCUT2D eigenvalue weighted by atomic mass is 19.1. The molecule has 0 bridgehead atoms. The molecule has 0 spiro atoms. The Morgan fingerprint density at radius 1 is 1.36 bits per heavy atom. The molecule has 1 aromatic rings. The molecule has 1 rings (SSSR count). The lowest BCUT2D eigenvalue weighted by Crippen LogP contribution is -2.30. The van der Waals surface area contributed by atoms with Gasteiger partial charge in [0.05, 0.1) is 0 Å². The highest BCUT2D eigenvalue weighted by Crippen LogP contribution is 2.18. The molecule has 0 aliphatic carbocycles. The van der Waals surface area contributed by atoms with E-state index in [1.165, 1.54) is 12.1 Å². The average molecular weight is 198 g/mol. The summed E-state index contributed by atoms with van der Waals surface area (Å²) in [5.41, 5.74) is 0.178. The van der Waals surface area contributed by atoms with Gasteiger partial charge in [-0.3, -0.25) is 0 Å². The molecule has 0 atom stereocenters. The Bertz CT molecular complexity index is 328. The van der Waals surface area contributed by atoms with Gasteiger partial charge in [0.15, 0.2) is 11.6 Å². The van der Waals surface area contributed by atoms with Crippen molar-refractivity contribution in [1.29, 1.82) is 0 Å². The van der Waals surface area contributed by atoms with Crippen LogP contribution in [0.25, 0.3) is 0 Å². The van der Waals surface area contributed by atoms with Crippen LogP contribution in [0.2, 0.25) is 0 Å². The maximum atomic E-state index is 13.3. The van der Waals surface area contributed by atoms with Crippen LogP contribution >= 0.6 is 0 Å². The van der Waals surface area contributed by atoms with Gasteiger partial charge in [-0.25, -0.2) is 4.39 Å². The van der Waals surface area contributed by atoms with E-state index >= 15 is 0 Å². The van der Waals surface area contributed by atoms with Crippen molar-refractivity contribution in [2.45, 2.75) is 19.8 Å². The number of halogens is 1. The first-order chi connectivity index (χ1) is 6.57. The van der Waals surface area contributed by atoms with E-state index < -0.39 is 18.7 Å². The number of hydrogen-bond acceptors (Lipinski definition) is 3. The Hall–Kier alpha value is -1.07. The van der Waals surface area contributed by atoms with Gasteiger partial charge < -0.3 is 15.2 Å². The number of rotatable bonds is 3. The van der Waals surface area contributed by atoms with E-state index in [9.17, 15) is 9.50 Å². The highest BCUT2D eigenvalue weighted by Gasteiger charge is 2.20. The van der Waals surface area contributed by atoms with Crippen LogP contribution in [0.15, 0.2) is 12.1 Å². The van der Waals surface area contributed by atoms with Crippen molar-refractivity contribution in [3.63, 3.8) is 0 Å². The summed E-state index contributed by atoms with van der Waals surface area (Å²) in [4.78, 5) is 0. The van der Waals surface area contributed by atoms with Crippen LogP contribution in [-0.2, 0) is 6.42 Å². The summed E-state index contributed by atoms with van der Waals surface area (Å²) in [6, 6.07) is 2.77. The molecule has 5 heteroatoms. The van der Waals surface area contributed by atoms with Crippen LogP contribution in [0.4, 0.5) is 4.39 Å². The molecule has 0 aliphatic heterocycles. The fourth-order valence-electron chi connectivity index (χ4n) is 1.29. The van der Waals surface area contributed by atoms with Crippen LogP contribution in [0.1, 0.15) is 18.9 Å². The van der Waals surface area contributed by atoms with E-state index in [1.807, 2.05) is 6.92 Å². The summed E-state index contributed by atoms with van der Waals surface area (Å²) in [5.74, 6) is -1.44. The molecule has 0 saturated heterocycles. The number of hydrogen-bond donors (Lipinski definition) is 3. The molecular weight excluding hydrogens is 186 g/mol. The van der Waals surface area contributed by atoms with Crippen LogP contribution in [-0.4, -0.2) is 22.3 Å². The minimum Gasteiger partial charge on any atom is -0.505 e. The van der Waals surface area contributed by atoms with Crippen LogP contribution in [0, 0.1) is 5.82 Å². The quantitative estimate of drug-likeness (QED) is 0.606. The van der Waals surface area contributed by atoms with Gasteiger partial charge in [0, 0.05) is 5.46 Å². The van der Waals surface area contributed by atoms with E-state index in [1.54, 1.807) is 0 Å². The molecule has 0 heterocycles. The molecule has 0 aromatic heterocycles. The summed E-state index contributed by atoms with van der Waals surface area (Å²) < 4.78 is 13.3. The lowest BCUT2D eigenvalue weighted by Gasteiger charge is -2.07. The first kappa shape index (κ1) is 11.0. The second-order valence-corrected chi connectivity index (χ2v) is 3.10. The normalized spacial score (nSPS) is 10.3. The minimum atomic E-state index is -1.85. The number of phenols is 1. The Labute approximate surface area is 82.0 Å². The Morgan fingerprint density at radius 3 is 2.50 bits per heavy atom. The minimum absolute atomic E-state index is 0.206. The summed E-state index contributed by atoms with van der Waals surface area (Å²) >= 11 is 0. The van der Waals surface area contributed by atoms with Gasteiger partial charge in [0.1, 0.15) is 0 Å². The third kappa shape index (κ3) is 2.05. The Balaban J connectivity index is 3.12. The molecule has 3 N–H and O–H groups in total. The predicted molar refractivity (Wildman–Crippen MR) is 51.9 cm³/mol. The third-order valence-corrected chi connectivity index (χ3v) is 2.02. The van der Waals surface area contributed by atoms with E-state index in [2.05, 4.69) is 0 Å². The monoisotopic (exact) mass is 198 g/mol. The standard InChI is InChI=1S/C9H12BFO3/c1-2-3-6-4-5-7(10(13)14)9(12)8(6)11/h4-5,12-14H,2-3H2,1H3. The van der Waals surface area contributed by atoms with Gasteiger partial charge in [-0.15, -0.1) is 0 Å². The molecule has 1 aromatic carbocycles. The molecule has 0 aliphatic rings. The summed E-state index contributed by atoms with van der Waals surface area (Å²) in [6.07, 6.45) is 1.28. The molecular formula is C9H12BFO3. The molecule has 76 valence electrons. The number of phenolic OH excluding ortho intramolecular Hbond substituents is 1. The molecule has 0 amide bonds. The molecule has 0 unspecified atom stereocenters. The maximum absolute atomic E-state index is 13.3. The molecule has 0 radical (unpaired) electrons. The van der Waals surface area contributed by atoms with Gasteiger partial charge >= 0.3 is 7.12 Å². The lowest BCUT2D eigenvalue weighted by atomic mass is 9.79. The van der Waals surface area contributed by atoms with E-state index in [0.717, 1.165) is 6.42 Å². The first-order valence-corrected chi connectivity index (χ1v) is 4.44. The zero-order valence-corrected chi connectivity index (χ0v) is 7.87. The number of aromatic hydroxyl groups is 1. The second-order valence-electron chi connectivity index (χ2n) is 3.10. The molecule has 0 saturated carbocycles. The first-order valence-electron chi connectivity index (χ1n) is 4.44. The van der Waals surface area contributed by atoms with Gasteiger partial charge in [0.25, 0.3) is 0 Å². The number of aryl methyl sites for hydroxylation is 1. The second kappa shape index (κ2) is 4.44. The van der Waals surface area contributed by atoms with E-state index in [0.29, 0.717) is 12.0 Å². The summed E-state index contributed by atoms with van der Waals surface area (Å²) in [6.45, 7) is 1.89. The lowest BCUT2D eigenvalue weighted by molar-refractivity contribution is 0.408. The highest BCUT2D eigenvalue weighted by molar-refractivity contribution is 6.59. The molecule has 3 nitrogen and oxygen atoms in total. The molecule has 0 fully saturated rings. The number of benzene rings is 1. The smallest absolute Gasteiger partial charge is 0.492 e. The van der Waals surface area contributed by atoms with Gasteiger partial charge in [0.2, 0.25) is 0 Å². The van der Waals surface area contributed by atoms with E-state index in [4.69, 9.17) is 10.0 Å². The third-order valence-electron chi connectivity index (χ3n) is 2.02. The Kier molecular flexibility index (Phi) is 3.49. The predicted octanol–water partition coefficient (Wildman–Crippen LogP) is 0.164. The SMILES string of the molecule is CCCc1ccc(B(O)O)c(O)c1F. The van der Waals surface area contributed by atoms with Crippen molar-refractivity contribution in [1.82, 2.24) is 0 Å². The van der Waals surface area contributed by atoms with Crippen LogP contribution in [0.3, 0.4) is 0 Å². The van der Waals surface area contributed by atoms with Crippen molar-refractivity contribution in [3.8, 4) is 5.75 Å². The van der Waals surface area contributed by atoms with Crippen LogP contribution < -0.4 is 5.46 Å². The fraction of sp³-hybridized carbons (Fsp3) is 0.333. The average Bonchev–Trinajstić information content (AvgIpc) is 2.13. The van der Waals surface area contributed by atoms with Gasteiger partial charge in [-0.2, -0.15) is 0 Å². The molecule has 14 heavy (non-hydrogen) atoms. The van der Waals surface area contributed by atoms with Crippen molar-refractivity contribution in [3.05, 3.63) is 23.5 Å². The van der Waals surface area contributed by atoms with Gasteiger partial charge in [-0.05, 0) is 12.0 Å².